The number of carbonyl (C=O) groups excluding carboxylic acids is 1. The van der Waals surface area contributed by atoms with Gasteiger partial charge in [0.1, 0.15) is 5.82 Å². The summed E-state index contributed by atoms with van der Waals surface area (Å²) in [6, 6.07) is 9.14. The summed E-state index contributed by atoms with van der Waals surface area (Å²) in [5.41, 5.74) is 1.41. The molecule has 0 atom stereocenters. The molecule has 3 aromatic rings. The number of benzene rings is 1. The molecule has 2 aliphatic rings. The molecule has 0 N–H and O–H groups in total. The van der Waals surface area contributed by atoms with Crippen LogP contribution in [0.4, 0.5) is 5.82 Å². The van der Waals surface area contributed by atoms with Crippen molar-refractivity contribution in [2.45, 2.75) is 26.2 Å². The summed E-state index contributed by atoms with van der Waals surface area (Å²) in [5, 5.41) is 4.09. The summed E-state index contributed by atoms with van der Waals surface area (Å²) >= 11 is 0. The second kappa shape index (κ2) is 8.49. The highest BCUT2D eigenvalue weighted by molar-refractivity contribution is 5.95. The van der Waals surface area contributed by atoms with Crippen molar-refractivity contribution in [2.75, 3.05) is 37.9 Å². The second-order valence-electron chi connectivity index (χ2n) is 8.19. The first kappa shape index (κ1) is 20.3. The van der Waals surface area contributed by atoms with Gasteiger partial charge < -0.3 is 23.8 Å². The van der Waals surface area contributed by atoms with Gasteiger partial charge in [0.15, 0.2) is 17.3 Å². The number of carbonyl (C=O) groups is 1. The van der Waals surface area contributed by atoms with Crippen LogP contribution in [0.1, 0.15) is 42.4 Å². The molecule has 9 heteroatoms. The van der Waals surface area contributed by atoms with Gasteiger partial charge in [0.2, 0.25) is 6.79 Å². The maximum Gasteiger partial charge on any atom is 0.261 e. The SMILES string of the molecule is CC(C)c1noc(-c2cccnc2N2CCCN(C(=O)c3ccc4c(c3)OCO4)CC2)n1. The molecule has 5 rings (SSSR count). The first-order chi connectivity index (χ1) is 15.6. The third-order valence-electron chi connectivity index (χ3n) is 5.68. The van der Waals surface area contributed by atoms with Crippen LogP contribution in [-0.4, -0.2) is 58.9 Å². The van der Waals surface area contributed by atoms with E-state index in [4.69, 9.17) is 14.0 Å². The maximum absolute atomic E-state index is 13.1. The Morgan fingerprint density at radius 1 is 1.06 bits per heavy atom. The molecule has 32 heavy (non-hydrogen) atoms. The summed E-state index contributed by atoms with van der Waals surface area (Å²) < 4.78 is 16.3. The number of hydrogen-bond acceptors (Lipinski definition) is 8. The highest BCUT2D eigenvalue weighted by Crippen LogP contribution is 2.33. The largest absolute Gasteiger partial charge is 0.454 e. The molecule has 0 saturated carbocycles. The van der Waals surface area contributed by atoms with E-state index in [1.54, 1.807) is 24.4 Å². The van der Waals surface area contributed by atoms with E-state index < -0.39 is 0 Å². The van der Waals surface area contributed by atoms with Crippen molar-refractivity contribution in [2.24, 2.45) is 0 Å². The van der Waals surface area contributed by atoms with Gasteiger partial charge in [-0.25, -0.2) is 4.98 Å². The molecule has 1 saturated heterocycles. The number of nitrogens with zero attached hydrogens (tertiary/aromatic N) is 5. The number of aromatic nitrogens is 3. The van der Waals surface area contributed by atoms with E-state index in [2.05, 4.69) is 20.0 Å². The number of fused-ring (bicyclic) bond motifs is 1. The zero-order valence-corrected chi connectivity index (χ0v) is 18.2. The quantitative estimate of drug-likeness (QED) is 0.616. The Bertz CT molecular complexity index is 1130. The third kappa shape index (κ3) is 3.86. The lowest BCUT2D eigenvalue weighted by atomic mass is 10.1. The van der Waals surface area contributed by atoms with E-state index in [1.165, 1.54) is 0 Å². The molecule has 0 spiro atoms. The van der Waals surface area contributed by atoms with E-state index >= 15 is 0 Å². The fraction of sp³-hybridized carbons (Fsp3) is 0.391. The summed E-state index contributed by atoms with van der Waals surface area (Å²) in [4.78, 5) is 26.3. The Balaban J connectivity index is 1.33. The van der Waals surface area contributed by atoms with E-state index in [-0.39, 0.29) is 18.6 Å². The van der Waals surface area contributed by atoms with Crippen LogP contribution in [0.15, 0.2) is 41.1 Å². The molecule has 0 bridgehead atoms. The molecule has 4 heterocycles. The fourth-order valence-electron chi connectivity index (χ4n) is 3.94. The van der Waals surface area contributed by atoms with Crippen molar-refractivity contribution in [3.05, 3.63) is 47.9 Å². The number of ether oxygens (including phenoxy) is 2. The van der Waals surface area contributed by atoms with E-state index in [9.17, 15) is 4.79 Å². The molecule has 1 amide bonds. The summed E-state index contributed by atoms with van der Waals surface area (Å²) in [5.74, 6) is 3.40. The first-order valence-electron chi connectivity index (χ1n) is 10.8. The van der Waals surface area contributed by atoms with Crippen molar-refractivity contribution in [3.63, 3.8) is 0 Å². The van der Waals surface area contributed by atoms with Gasteiger partial charge in [-0.15, -0.1) is 0 Å². The smallest absolute Gasteiger partial charge is 0.261 e. The van der Waals surface area contributed by atoms with Gasteiger partial charge >= 0.3 is 0 Å². The van der Waals surface area contributed by atoms with Crippen molar-refractivity contribution in [3.8, 4) is 23.0 Å². The van der Waals surface area contributed by atoms with Crippen molar-refractivity contribution in [1.29, 1.82) is 0 Å². The van der Waals surface area contributed by atoms with Crippen LogP contribution >= 0.6 is 0 Å². The van der Waals surface area contributed by atoms with Crippen LogP contribution in [0.3, 0.4) is 0 Å². The molecule has 2 aliphatic heterocycles. The van der Waals surface area contributed by atoms with Crippen LogP contribution in [0.2, 0.25) is 0 Å². The minimum atomic E-state index is -0.00938. The van der Waals surface area contributed by atoms with Gasteiger partial charge in [0, 0.05) is 43.9 Å². The lowest BCUT2D eigenvalue weighted by molar-refractivity contribution is 0.0766. The minimum absolute atomic E-state index is 0.00938. The normalized spacial score (nSPS) is 15.8. The molecular formula is C23H25N5O4. The van der Waals surface area contributed by atoms with Gasteiger partial charge in [-0.1, -0.05) is 19.0 Å². The lowest BCUT2D eigenvalue weighted by Gasteiger charge is -2.24. The Morgan fingerprint density at radius 3 is 2.78 bits per heavy atom. The third-order valence-corrected chi connectivity index (χ3v) is 5.68. The molecule has 166 valence electrons. The van der Waals surface area contributed by atoms with Crippen LogP contribution in [-0.2, 0) is 0 Å². The molecule has 0 aliphatic carbocycles. The van der Waals surface area contributed by atoms with Gasteiger partial charge in [-0.05, 0) is 36.8 Å². The molecule has 0 unspecified atom stereocenters. The Morgan fingerprint density at radius 2 is 1.94 bits per heavy atom. The van der Waals surface area contributed by atoms with Crippen LogP contribution in [0.5, 0.6) is 11.5 Å². The fourth-order valence-corrected chi connectivity index (χ4v) is 3.94. The number of anilines is 1. The van der Waals surface area contributed by atoms with Crippen molar-refractivity contribution >= 4 is 11.7 Å². The first-order valence-corrected chi connectivity index (χ1v) is 10.8. The maximum atomic E-state index is 13.1. The van der Waals surface area contributed by atoms with Crippen molar-refractivity contribution < 1.29 is 18.8 Å². The molecule has 1 fully saturated rings. The zero-order chi connectivity index (χ0) is 22.1. The second-order valence-corrected chi connectivity index (χ2v) is 8.19. The highest BCUT2D eigenvalue weighted by Gasteiger charge is 2.25. The Labute approximate surface area is 185 Å². The zero-order valence-electron chi connectivity index (χ0n) is 18.2. The summed E-state index contributed by atoms with van der Waals surface area (Å²) in [6.07, 6.45) is 2.59. The average Bonchev–Trinajstić information content (AvgIpc) is 3.43. The van der Waals surface area contributed by atoms with E-state index in [0.29, 0.717) is 48.4 Å². The van der Waals surface area contributed by atoms with Crippen LogP contribution < -0.4 is 14.4 Å². The summed E-state index contributed by atoms with van der Waals surface area (Å²) in [6.45, 7) is 6.94. The topological polar surface area (TPSA) is 93.8 Å². The predicted molar refractivity (Wildman–Crippen MR) is 117 cm³/mol. The molecule has 1 aromatic carbocycles. The van der Waals surface area contributed by atoms with Gasteiger partial charge in [-0.2, -0.15) is 4.98 Å². The highest BCUT2D eigenvalue weighted by atomic mass is 16.7. The number of hydrogen-bond donors (Lipinski definition) is 0. The van der Waals surface area contributed by atoms with Crippen LogP contribution in [0, 0.1) is 0 Å². The van der Waals surface area contributed by atoms with E-state index in [1.807, 2.05) is 30.9 Å². The molecule has 2 aromatic heterocycles. The number of rotatable bonds is 4. The summed E-state index contributed by atoms with van der Waals surface area (Å²) in [7, 11) is 0. The minimum Gasteiger partial charge on any atom is -0.454 e. The van der Waals surface area contributed by atoms with Crippen LogP contribution in [0.25, 0.3) is 11.5 Å². The predicted octanol–water partition coefficient (Wildman–Crippen LogP) is 3.34. The number of amides is 1. The monoisotopic (exact) mass is 435 g/mol. The number of pyridine rings is 1. The standard InChI is InChI=1S/C23H25N5O4/c1-15(2)20-25-22(32-26-20)17-5-3-8-24-21(17)27-9-4-10-28(12-11-27)23(29)16-6-7-18-19(13-16)31-14-30-18/h3,5-8,13,15H,4,9-12,14H2,1-2H3. The Hall–Kier alpha value is -3.62. The molecular weight excluding hydrogens is 410 g/mol. The van der Waals surface area contributed by atoms with Gasteiger partial charge in [0.05, 0.1) is 5.56 Å². The van der Waals surface area contributed by atoms with Gasteiger partial charge in [-0.3, -0.25) is 4.79 Å². The van der Waals surface area contributed by atoms with Crippen molar-refractivity contribution in [1.82, 2.24) is 20.0 Å². The average molecular weight is 435 g/mol. The molecule has 9 nitrogen and oxygen atoms in total. The lowest BCUT2D eigenvalue weighted by Crippen LogP contribution is -2.35. The molecule has 0 radical (unpaired) electrons. The Kier molecular flexibility index (Phi) is 5.38. The van der Waals surface area contributed by atoms with Gasteiger partial charge in [0.25, 0.3) is 11.8 Å². The van der Waals surface area contributed by atoms with E-state index in [0.717, 1.165) is 24.3 Å².